The molecule has 0 bridgehead atoms. The van der Waals surface area contributed by atoms with Gasteiger partial charge in [0.15, 0.2) is 0 Å². The Morgan fingerprint density at radius 1 is 1.29 bits per heavy atom. The van der Waals surface area contributed by atoms with Crippen molar-refractivity contribution in [3.63, 3.8) is 0 Å². The Morgan fingerprint density at radius 2 is 1.88 bits per heavy atom. The summed E-state index contributed by atoms with van der Waals surface area (Å²) in [6, 6.07) is 5.97. The summed E-state index contributed by atoms with van der Waals surface area (Å²) in [6.45, 7) is 5.47. The highest BCUT2D eigenvalue weighted by Gasteiger charge is 2.19. The molecule has 1 atom stereocenters. The number of aliphatic hydroxyl groups is 1. The Hall–Kier alpha value is -2.16. The molecule has 0 aliphatic carbocycles. The molecule has 0 fully saturated rings. The fourth-order valence-corrected chi connectivity index (χ4v) is 3.20. The van der Waals surface area contributed by atoms with Crippen molar-refractivity contribution in [3.05, 3.63) is 52.3 Å². The molecule has 0 spiro atoms. The molecular formula is C16H21N3O4S. The van der Waals surface area contributed by atoms with Gasteiger partial charge in [-0.3, -0.25) is 4.79 Å². The molecule has 1 amide bonds. The molecule has 0 unspecified atom stereocenters. The van der Waals surface area contributed by atoms with Gasteiger partial charge in [0, 0.05) is 17.8 Å². The monoisotopic (exact) mass is 351 g/mol. The fourth-order valence-electron chi connectivity index (χ4n) is 2.69. The van der Waals surface area contributed by atoms with Gasteiger partial charge in [-0.05, 0) is 44.0 Å². The van der Waals surface area contributed by atoms with Crippen LogP contribution in [0.4, 0.5) is 0 Å². The molecule has 0 aliphatic rings. The van der Waals surface area contributed by atoms with Gasteiger partial charge in [-0.2, -0.15) is 0 Å². The van der Waals surface area contributed by atoms with Gasteiger partial charge in [0.2, 0.25) is 10.0 Å². The maximum atomic E-state index is 12.3. The van der Waals surface area contributed by atoms with E-state index in [4.69, 9.17) is 5.14 Å². The van der Waals surface area contributed by atoms with E-state index in [9.17, 15) is 18.3 Å². The van der Waals surface area contributed by atoms with Crippen LogP contribution in [0.15, 0.2) is 29.2 Å². The third kappa shape index (κ3) is 3.84. The molecular weight excluding hydrogens is 330 g/mol. The highest BCUT2D eigenvalue weighted by molar-refractivity contribution is 7.89. The molecule has 1 heterocycles. The second-order valence-electron chi connectivity index (χ2n) is 5.71. The molecule has 5 N–H and O–H groups in total. The van der Waals surface area contributed by atoms with Gasteiger partial charge in [0.1, 0.15) is 5.69 Å². The standard InChI is InChI=1S/C16H21N3O4S/c1-9-14(11(3)20)10(2)19-15(9)16(21)18-8-12-4-6-13(7-5-12)24(17,22)23/h4-7,11,19-20H,8H2,1-3H3,(H,18,21)(H2,17,22,23)/t11-/m1/s1. The Balaban J connectivity index is 2.10. The third-order valence-electron chi connectivity index (χ3n) is 3.85. The Kier molecular flexibility index (Phi) is 5.12. The largest absolute Gasteiger partial charge is 0.389 e. The number of nitrogens with one attached hydrogen (secondary N) is 2. The summed E-state index contributed by atoms with van der Waals surface area (Å²) in [5.74, 6) is -0.293. The van der Waals surface area contributed by atoms with E-state index in [0.29, 0.717) is 11.3 Å². The van der Waals surface area contributed by atoms with E-state index in [0.717, 1.165) is 16.8 Å². The minimum absolute atomic E-state index is 0.0231. The topological polar surface area (TPSA) is 125 Å². The minimum atomic E-state index is -3.73. The highest BCUT2D eigenvalue weighted by Crippen LogP contribution is 2.24. The molecule has 1 aromatic heterocycles. The van der Waals surface area contributed by atoms with Crippen LogP contribution in [0.2, 0.25) is 0 Å². The smallest absolute Gasteiger partial charge is 0.268 e. The molecule has 24 heavy (non-hydrogen) atoms. The number of aryl methyl sites for hydroxylation is 1. The van der Waals surface area contributed by atoms with Crippen molar-refractivity contribution < 1.29 is 18.3 Å². The number of sulfonamides is 1. The number of carbonyl (C=O) groups excluding carboxylic acids is 1. The number of primary sulfonamides is 1. The van der Waals surface area contributed by atoms with E-state index in [1.54, 1.807) is 32.9 Å². The lowest BCUT2D eigenvalue weighted by Crippen LogP contribution is -2.24. The number of aromatic nitrogens is 1. The molecule has 0 saturated carbocycles. The predicted molar refractivity (Wildman–Crippen MR) is 89.9 cm³/mol. The highest BCUT2D eigenvalue weighted by atomic mass is 32.2. The van der Waals surface area contributed by atoms with Crippen molar-refractivity contribution in [1.29, 1.82) is 0 Å². The summed E-state index contributed by atoms with van der Waals surface area (Å²) in [7, 11) is -3.73. The predicted octanol–water partition coefficient (Wildman–Crippen LogP) is 1.26. The molecule has 8 heteroatoms. The van der Waals surface area contributed by atoms with Gasteiger partial charge in [0.05, 0.1) is 11.0 Å². The zero-order valence-electron chi connectivity index (χ0n) is 13.8. The van der Waals surface area contributed by atoms with Crippen molar-refractivity contribution in [3.8, 4) is 0 Å². The number of nitrogens with two attached hydrogens (primary N) is 1. The zero-order chi connectivity index (χ0) is 18.1. The Labute approximate surface area is 140 Å². The number of rotatable bonds is 5. The van der Waals surface area contributed by atoms with Gasteiger partial charge < -0.3 is 15.4 Å². The van der Waals surface area contributed by atoms with Crippen LogP contribution in [0.1, 0.15) is 45.9 Å². The average molecular weight is 351 g/mol. The van der Waals surface area contributed by atoms with Crippen LogP contribution in [0.3, 0.4) is 0 Å². The van der Waals surface area contributed by atoms with Crippen LogP contribution in [0, 0.1) is 13.8 Å². The quantitative estimate of drug-likeness (QED) is 0.647. The van der Waals surface area contributed by atoms with Gasteiger partial charge >= 0.3 is 0 Å². The maximum Gasteiger partial charge on any atom is 0.268 e. The van der Waals surface area contributed by atoms with Crippen molar-refractivity contribution in [2.45, 2.75) is 38.3 Å². The normalized spacial score (nSPS) is 12.9. The van der Waals surface area contributed by atoms with Crippen molar-refractivity contribution >= 4 is 15.9 Å². The summed E-state index contributed by atoms with van der Waals surface area (Å²) >= 11 is 0. The minimum Gasteiger partial charge on any atom is -0.389 e. The molecule has 0 radical (unpaired) electrons. The van der Waals surface area contributed by atoms with E-state index < -0.39 is 16.1 Å². The molecule has 2 rings (SSSR count). The SMILES string of the molecule is Cc1[nH]c(C(=O)NCc2ccc(S(N)(=O)=O)cc2)c(C)c1[C@@H](C)O. The lowest BCUT2D eigenvalue weighted by molar-refractivity contribution is 0.0945. The summed E-state index contributed by atoms with van der Waals surface area (Å²) in [6.07, 6.45) is -0.659. The first kappa shape index (κ1) is 18.2. The number of benzene rings is 1. The number of H-pyrrole nitrogens is 1. The molecule has 2 aromatic rings. The summed E-state index contributed by atoms with van der Waals surface area (Å²) in [5.41, 5.74) is 3.34. The summed E-state index contributed by atoms with van der Waals surface area (Å²) in [5, 5.41) is 17.6. The molecule has 130 valence electrons. The van der Waals surface area contributed by atoms with E-state index in [-0.39, 0.29) is 17.3 Å². The number of aliphatic hydroxyl groups excluding tert-OH is 1. The van der Waals surface area contributed by atoms with E-state index in [1.165, 1.54) is 12.1 Å². The third-order valence-corrected chi connectivity index (χ3v) is 4.77. The Morgan fingerprint density at radius 3 is 2.33 bits per heavy atom. The van der Waals surface area contributed by atoms with Gasteiger partial charge in [0.25, 0.3) is 5.91 Å². The maximum absolute atomic E-state index is 12.3. The van der Waals surface area contributed by atoms with Crippen LogP contribution in [-0.2, 0) is 16.6 Å². The van der Waals surface area contributed by atoms with Crippen molar-refractivity contribution in [2.75, 3.05) is 0 Å². The van der Waals surface area contributed by atoms with Crippen LogP contribution < -0.4 is 10.5 Å². The average Bonchev–Trinajstić information content (AvgIpc) is 2.79. The molecule has 0 aliphatic heterocycles. The number of amides is 1. The van der Waals surface area contributed by atoms with Gasteiger partial charge in [-0.1, -0.05) is 12.1 Å². The molecule has 7 nitrogen and oxygen atoms in total. The van der Waals surface area contributed by atoms with Gasteiger partial charge in [-0.15, -0.1) is 0 Å². The van der Waals surface area contributed by atoms with E-state index >= 15 is 0 Å². The van der Waals surface area contributed by atoms with Crippen molar-refractivity contribution in [2.24, 2.45) is 5.14 Å². The summed E-state index contributed by atoms with van der Waals surface area (Å²) in [4.78, 5) is 15.3. The molecule has 0 saturated heterocycles. The summed E-state index contributed by atoms with van der Waals surface area (Å²) < 4.78 is 22.4. The second-order valence-corrected chi connectivity index (χ2v) is 7.27. The van der Waals surface area contributed by atoms with Crippen LogP contribution in [0.5, 0.6) is 0 Å². The lowest BCUT2D eigenvalue weighted by Gasteiger charge is -2.07. The van der Waals surface area contributed by atoms with Crippen LogP contribution in [0.25, 0.3) is 0 Å². The second kappa shape index (κ2) is 6.76. The van der Waals surface area contributed by atoms with Crippen LogP contribution >= 0.6 is 0 Å². The number of hydrogen-bond donors (Lipinski definition) is 4. The van der Waals surface area contributed by atoms with Crippen molar-refractivity contribution in [1.82, 2.24) is 10.3 Å². The lowest BCUT2D eigenvalue weighted by atomic mass is 10.1. The Bertz CT molecular complexity index is 852. The van der Waals surface area contributed by atoms with E-state index in [2.05, 4.69) is 10.3 Å². The number of hydrogen-bond acceptors (Lipinski definition) is 4. The van der Waals surface area contributed by atoms with Gasteiger partial charge in [-0.25, -0.2) is 13.6 Å². The van der Waals surface area contributed by atoms with Crippen LogP contribution in [-0.4, -0.2) is 24.4 Å². The first-order valence-electron chi connectivity index (χ1n) is 7.38. The first-order valence-corrected chi connectivity index (χ1v) is 8.93. The molecule has 1 aromatic carbocycles. The first-order chi connectivity index (χ1) is 11.1. The van der Waals surface area contributed by atoms with E-state index in [1.807, 2.05) is 0 Å². The number of aromatic amines is 1. The number of carbonyl (C=O) groups is 1. The fraction of sp³-hybridized carbons (Fsp3) is 0.312. The zero-order valence-corrected chi connectivity index (χ0v) is 14.6.